The van der Waals surface area contributed by atoms with E-state index in [0.717, 1.165) is 17.7 Å². The van der Waals surface area contributed by atoms with Gasteiger partial charge in [0, 0.05) is 11.4 Å². The van der Waals surface area contributed by atoms with Gasteiger partial charge < -0.3 is 15.7 Å². The molecule has 0 aliphatic heterocycles. The molecule has 122 valence electrons. The predicted molar refractivity (Wildman–Crippen MR) is 94.8 cm³/mol. The molecule has 4 nitrogen and oxygen atoms in total. The number of nitrogens with one attached hydrogen (secondary N) is 2. The molecule has 2 aromatic carbocycles. The monoisotopic (exact) mass is 312 g/mol. The van der Waals surface area contributed by atoms with E-state index in [-0.39, 0.29) is 12.6 Å². The van der Waals surface area contributed by atoms with Crippen LogP contribution in [0.3, 0.4) is 0 Å². The highest BCUT2D eigenvalue weighted by molar-refractivity contribution is 5.99. The van der Waals surface area contributed by atoms with Crippen LogP contribution < -0.4 is 10.6 Å². The van der Waals surface area contributed by atoms with Crippen LogP contribution in [-0.4, -0.2) is 11.1 Å². The molecule has 23 heavy (non-hydrogen) atoms. The van der Waals surface area contributed by atoms with Crippen LogP contribution in [0.1, 0.15) is 43.7 Å². The molecule has 0 saturated heterocycles. The highest BCUT2D eigenvalue weighted by Crippen LogP contribution is 2.22. The zero-order valence-electron chi connectivity index (χ0n) is 13.7. The molecule has 1 unspecified atom stereocenters. The van der Waals surface area contributed by atoms with Crippen LogP contribution >= 0.6 is 0 Å². The Morgan fingerprint density at radius 1 is 1.00 bits per heavy atom. The smallest absolute Gasteiger partial charge is 0.323 e. The minimum absolute atomic E-state index is 0.00468. The minimum Gasteiger partial charge on any atom is -0.392 e. The van der Waals surface area contributed by atoms with Crippen molar-refractivity contribution in [2.45, 2.75) is 39.2 Å². The second-order valence-electron chi connectivity index (χ2n) is 5.75. The summed E-state index contributed by atoms with van der Waals surface area (Å²) in [5.41, 5.74) is 3.56. The molecule has 0 bridgehead atoms. The van der Waals surface area contributed by atoms with Crippen LogP contribution in [0.4, 0.5) is 16.2 Å². The Morgan fingerprint density at radius 2 is 1.52 bits per heavy atom. The number of aliphatic hydroxyl groups excluding tert-OH is 1. The zero-order valence-corrected chi connectivity index (χ0v) is 13.7. The topological polar surface area (TPSA) is 61.4 Å². The molecule has 0 radical (unpaired) electrons. The van der Waals surface area contributed by atoms with Crippen molar-refractivity contribution in [3.05, 3.63) is 59.7 Å². The van der Waals surface area contributed by atoms with Crippen LogP contribution in [0, 0.1) is 0 Å². The highest BCUT2D eigenvalue weighted by Gasteiger charge is 2.06. The van der Waals surface area contributed by atoms with Crippen LogP contribution in [0.25, 0.3) is 0 Å². The molecule has 0 spiro atoms. The fraction of sp³-hybridized carbons (Fsp3) is 0.316. The first-order valence-corrected chi connectivity index (χ1v) is 8.00. The second-order valence-corrected chi connectivity index (χ2v) is 5.75. The number of carbonyl (C=O) groups excluding carboxylic acids is 1. The molecule has 2 amide bonds. The molecular weight excluding hydrogens is 288 g/mol. The summed E-state index contributed by atoms with van der Waals surface area (Å²) in [5, 5.41) is 14.6. The third-order valence-corrected chi connectivity index (χ3v) is 3.85. The Hall–Kier alpha value is -2.33. The SMILES string of the molecule is CCCC(C)c1ccc(NC(=O)Nc2ccc(CO)cc2)cc1. The Labute approximate surface area is 137 Å². The van der Waals surface area contributed by atoms with Crippen molar-refractivity contribution in [3.63, 3.8) is 0 Å². The maximum absolute atomic E-state index is 12.0. The van der Waals surface area contributed by atoms with Crippen molar-refractivity contribution in [2.75, 3.05) is 10.6 Å². The van der Waals surface area contributed by atoms with Gasteiger partial charge in [-0.15, -0.1) is 0 Å². The van der Waals surface area contributed by atoms with Crippen LogP contribution in [0.5, 0.6) is 0 Å². The third kappa shape index (κ3) is 5.11. The molecule has 4 heteroatoms. The van der Waals surface area contributed by atoms with E-state index in [1.807, 2.05) is 12.1 Å². The quantitative estimate of drug-likeness (QED) is 0.722. The second kappa shape index (κ2) is 8.34. The van der Waals surface area contributed by atoms with Gasteiger partial charge in [-0.25, -0.2) is 4.79 Å². The lowest BCUT2D eigenvalue weighted by atomic mass is 9.96. The van der Waals surface area contributed by atoms with Crippen molar-refractivity contribution in [1.29, 1.82) is 0 Å². The molecule has 0 heterocycles. The van der Waals surface area contributed by atoms with E-state index in [0.29, 0.717) is 11.6 Å². The fourth-order valence-corrected chi connectivity index (χ4v) is 2.48. The molecule has 0 aliphatic carbocycles. The summed E-state index contributed by atoms with van der Waals surface area (Å²) in [7, 11) is 0. The molecular formula is C19H24N2O2. The Morgan fingerprint density at radius 3 is 2.00 bits per heavy atom. The van der Waals surface area contributed by atoms with Gasteiger partial charge in [0.2, 0.25) is 0 Å². The minimum atomic E-state index is -0.281. The summed E-state index contributed by atoms with van der Waals surface area (Å²) in [4.78, 5) is 12.0. The number of aliphatic hydroxyl groups is 1. The van der Waals surface area contributed by atoms with E-state index in [9.17, 15) is 4.79 Å². The van der Waals surface area contributed by atoms with Gasteiger partial charge in [0.15, 0.2) is 0 Å². The summed E-state index contributed by atoms with van der Waals surface area (Å²) in [6.45, 7) is 4.40. The van der Waals surface area contributed by atoms with Crippen molar-refractivity contribution in [2.24, 2.45) is 0 Å². The maximum Gasteiger partial charge on any atom is 0.323 e. The largest absolute Gasteiger partial charge is 0.392 e. The van der Waals surface area contributed by atoms with Crippen LogP contribution in [-0.2, 0) is 6.61 Å². The number of hydrogen-bond donors (Lipinski definition) is 3. The summed E-state index contributed by atoms with van der Waals surface area (Å²) < 4.78 is 0. The first-order valence-electron chi connectivity index (χ1n) is 8.00. The van der Waals surface area contributed by atoms with E-state index in [2.05, 4.69) is 36.6 Å². The average molecular weight is 312 g/mol. The zero-order chi connectivity index (χ0) is 16.7. The molecule has 2 rings (SSSR count). The van der Waals surface area contributed by atoms with Crippen molar-refractivity contribution in [3.8, 4) is 0 Å². The molecule has 0 fully saturated rings. The molecule has 1 atom stereocenters. The van der Waals surface area contributed by atoms with Crippen molar-refractivity contribution >= 4 is 17.4 Å². The first-order chi connectivity index (χ1) is 11.1. The van der Waals surface area contributed by atoms with E-state index >= 15 is 0 Å². The predicted octanol–water partition coefficient (Wildman–Crippen LogP) is 4.73. The summed E-state index contributed by atoms with van der Waals surface area (Å²) in [6.07, 6.45) is 2.33. The molecule has 0 saturated carbocycles. The lowest BCUT2D eigenvalue weighted by Crippen LogP contribution is -2.19. The first kappa shape index (κ1) is 17.0. The van der Waals surface area contributed by atoms with Gasteiger partial charge in [-0.05, 0) is 47.7 Å². The summed E-state index contributed by atoms with van der Waals surface area (Å²) in [6, 6.07) is 14.8. The molecule has 3 N–H and O–H groups in total. The van der Waals surface area contributed by atoms with Gasteiger partial charge in [-0.1, -0.05) is 44.5 Å². The van der Waals surface area contributed by atoms with Crippen LogP contribution in [0.15, 0.2) is 48.5 Å². The summed E-state index contributed by atoms with van der Waals surface area (Å²) in [5.74, 6) is 0.535. The Kier molecular flexibility index (Phi) is 6.18. The number of amides is 2. The fourth-order valence-electron chi connectivity index (χ4n) is 2.48. The molecule has 0 aliphatic rings. The van der Waals surface area contributed by atoms with E-state index in [1.54, 1.807) is 24.3 Å². The Bertz CT molecular complexity index is 621. The van der Waals surface area contributed by atoms with Gasteiger partial charge in [-0.3, -0.25) is 0 Å². The van der Waals surface area contributed by atoms with Gasteiger partial charge in [0.25, 0.3) is 0 Å². The van der Waals surface area contributed by atoms with Crippen molar-refractivity contribution < 1.29 is 9.90 Å². The van der Waals surface area contributed by atoms with Gasteiger partial charge in [0.1, 0.15) is 0 Å². The summed E-state index contributed by atoms with van der Waals surface area (Å²) >= 11 is 0. The van der Waals surface area contributed by atoms with Gasteiger partial charge >= 0.3 is 6.03 Å². The Balaban J connectivity index is 1.91. The van der Waals surface area contributed by atoms with E-state index in [1.165, 1.54) is 12.0 Å². The molecule has 2 aromatic rings. The lowest BCUT2D eigenvalue weighted by Gasteiger charge is -2.12. The number of carbonyl (C=O) groups is 1. The number of rotatable bonds is 6. The van der Waals surface area contributed by atoms with E-state index in [4.69, 9.17) is 5.11 Å². The average Bonchev–Trinajstić information content (AvgIpc) is 2.56. The number of anilines is 2. The normalized spacial score (nSPS) is 11.8. The van der Waals surface area contributed by atoms with Crippen LogP contribution in [0.2, 0.25) is 0 Å². The highest BCUT2D eigenvalue weighted by atomic mass is 16.3. The molecule has 0 aromatic heterocycles. The maximum atomic E-state index is 12.0. The van der Waals surface area contributed by atoms with E-state index < -0.39 is 0 Å². The van der Waals surface area contributed by atoms with Gasteiger partial charge in [0.05, 0.1) is 6.61 Å². The number of hydrogen-bond acceptors (Lipinski definition) is 2. The standard InChI is InChI=1S/C19H24N2O2/c1-3-4-14(2)16-7-11-18(12-8-16)21-19(23)20-17-9-5-15(13-22)6-10-17/h5-12,14,22H,3-4,13H2,1-2H3,(H2,20,21,23). The number of urea groups is 1. The third-order valence-electron chi connectivity index (χ3n) is 3.85. The number of benzene rings is 2. The van der Waals surface area contributed by atoms with Gasteiger partial charge in [-0.2, -0.15) is 0 Å². The lowest BCUT2D eigenvalue weighted by molar-refractivity contribution is 0.262. The van der Waals surface area contributed by atoms with Crippen molar-refractivity contribution in [1.82, 2.24) is 0 Å².